The van der Waals surface area contributed by atoms with E-state index in [2.05, 4.69) is 351 Å². The second-order valence-corrected chi connectivity index (χ2v) is 28.2. The molecule has 5 heteroatoms. The highest BCUT2D eigenvalue weighted by molar-refractivity contribution is 9.10. The van der Waals surface area contributed by atoms with Crippen LogP contribution in [0.1, 0.15) is 57.4 Å². The van der Waals surface area contributed by atoms with Crippen LogP contribution >= 0.6 is 15.9 Å². The van der Waals surface area contributed by atoms with Gasteiger partial charge in [-0.3, -0.25) is 0 Å². The lowest BCUT2D eigenvalue weighted by molar-refractivity contribution is 0.660. The summed E-state index contributed by atoms with van der Waals surface area (Å²) >= 11 is 3.47. The van der Waals surface area contributed by atoms with E-state index in [-0.39, 0.29) is 18.3 Å². The fourth-order valence-corrected chi connectivity index (χ4v) is 16.2. The molecule has 1 N–H and O–H groups in total. The summed E-state index contributed by atoms with van der Waals surface area (Å²) in [5, 5.41) is 18.4. The molecule has 2 aliphatic carbocycles. The van der Waals surface area contributed by atoms with Gasteiger partial charge in [-0.2, -0.15) is 0 Å². The Hall–Kier alpha value is -11.8. The van der Waals surface area contributed by atoms with Crippen molar-refractivity contribution in [1.82, 2.24) is 0 Å². The predicted molar refractivity (Wildman–Crippen MR) is 429 cm³/mol. The highest BCUT2D eigenvalue weighted by atomic mass is 79.9. The van der Waals surface area contributed by atoms with Gasteiger partial charge in [-0.05, 0) is 161 Å². The third-order valence-electron chi connectivity index (χ3n) is 20.8. The van der Waals surface area contributed by atoms with Gasteiger partial charge < -0.3 is 19.1 Å². The summed E-state index contributed by atoms with van der Waals surface area (Å²) < 4.78 is 13.6. The van der Waals surface area contributed by atoms with Crippen LogP contribution in [-0.4, -0.2) is 0 Å². The van der Waals surface area contributed by atoms with Crippen molar-refractivity contribution in [3.05, 3.63) is 354 Å². The van der Waals surface area contributed by atoms with Crippen LogP contribution in [0.2, 0.25) is 0 Å². The number of nitrogens with one attached hydrogen (secondary N) is 1. The molecule has 4 nitrogen and oxygen atoms in total. The molecule has 0 unspecified atom stereocenters. The van der Waals surface area contributed by atoms with Crippen molar-refractivity contribution >= 4 is 131 Å². The SMILES string of the molecule is Brc1ccc(-c2cccc3c2oc2ccccc23)cc1.C.CC1(C)c2ccccc2-c2ccc(N(c3ccc(-c4cccc5c4oc4ccccc45)cc3)c3cc4ccccc4c4ccccc34)cc21.CC1(C)c2ccccc2-c2ccc(Nc3cc4ccccc4c4ccccc34)cc21. The molecule has 0 saturated heterocycles. The Morgan fingerprint density at radius 1 is 0.300 bits per heavy atom. The van der Waals surface area contributed by atoms with Crippen LogP contribution in [0.4, 0.5) is 28.4 Å². The van der Waals surface area contributed by atoms with Crippen LogP contribution in [0.3, 0.4) is 0 Å². The number of anilines is 5. The predicted octanol–water partition coefficient (Wildman–Crippen LogP) is 28.0. The molecule has 2 aliphatic rings. The van der Waals surface area contributed by atoms with Crippen LogP contribution in [0.5, 0.6) is 0 Å². The summed E-state index contributed by atoms with van der Waals surface area (Å²) in [4.78, 5) is 2.44. The lowest BCUT2D eigenvalue weighted by Crippen LogP contribution is -2.16. The molecule has 0 fully saturated rings. The number of benzene rings is 16. The lowest BCUT2D eigenvalue weighted by Gasteiger charge is -2.29. The maximum absolute atomic E-state index is 6.42. The Morgan fingerprint density at radius 2 is 0.700 bits per heavy atom. The van der Waals surface area contributed by atoms with E-state index < -0.39 is 0 Å². The number of hydrogen-bond donors (Lipinski definition) is 1. The molecule has 2 aromatic heterocycles. The molecule has 100 heavy (non-hydrogen) atoms. The third kappa shape index (κ3) is 10.3. The summed E-state index contributed by atoms with van der Waals surface area (Å²) in [5.74, 6) is 0. The fourth-order valence-electron chi connectivity index (χ4n) is 15.9. The van der Waals surface area contributed by atoms with Crippen LogP contribution in [0, 0.1) is 0 Å². The number of rotatable bonds is 7. The van der Waals surface area contributed by atoms with Crippen LogP contribution in [0.25, 0.3) is 131 Å². The van der Waals surface area contributed by atoms with Crippen molar-refractivity contribution in [3.8, 4) is 44.5 Å². The molecule has 0 bridgehead atoms. The molecular formula is C95H71BrN2O2. The van der Waals surface area contributed by atoms with E-state index in [0.29, 0.717) is 0 Å². The molecule has 18 aromatic rings. The molecule has 0 atom stereocenters. The standard InChI is InChI=1S/C47H33NO.C29H23N.C18H11BrO.CH4/c1-47(2)42-20-9-7-15-37(42)38-27-26-33(29-43(38)47)48(44-28-31-12-3-4-13-34(31)36-14-5-6-16-39(36)44)32-24-22-30(23-25-32)35-18-11-19-41-40-17-8-10-21-45(40)49-46(35)41;1-29(2)26-14-8-7-12-23(26)24-16-15-20(18-27(24)29)30-28-17-19-9-3-4-10-21(19)22-11-5-6-13-25(22)28;19-13-10-8-12(9-11-13)14-5-3-6-16-15-4-1-2-7-17(15)20-18(14)16;/h3-29H,1-2H3;3-18,30H,1-2H3;1-11H;1H4. The number of nitrogens with zero attached hydrogens (tertiary/aromatic N) is 1. The first kappa shape index (κ1) is 61.8. The maximum Gasteiger partial charge on any atom is 0.143 e. The Labute approximate surface area is 591 Å². The first-order valence-corrected chi connectivity index (χ1v) is 34.8. The zero-order valence-electron chi connectivity index (χ0n) is 55.3. The van der Waals surface area contributed by atoms with Gasteiger partial charge >= 0.3 is 0 Å². The number of para-hydroxylation sites is 4. The second kappa shape index (κ2) is 24.7. The molecule has 480 valence electrons. The van der Waals surface area contributed by atoms with Gasteiger partial charge in [0.05, 0.1) is 5.69 Å². The zero-order valence-corrected chi connectivity index (χ0v) is 56.9. The van der Waals surface area contributed by atoms with Crippen molar-refractivity contribution < 1.29 is 8.83 Å². The minimum atomic E-state index is -0.103. The minimum Gasteiger partial charge on any atom is -0.455 e. The Morgan fingerprint density at radius 3 is 1.27 bits per heavy atom. The number of furan rings is 2. The first-order valence-electron chi connectivity index (χ1n) is 34.1. The average Bonchev–Trinajstić information content (AvgIpc) is 1.50. The number of hydrogen-bond acceptors (Lipinski definition) is 4. The first-order chi connectivity index (χ1) is 48.5. The quantitative estimate of drug-likeness (QED) is 0.162. The number of fused-ring (bicyclic) bond motifs is 18. The van der Waals surface area contributed by atoms with E-state index in [4.69, 9.17) is 8.83 Å². The van der Waals surface area contributed by atoms with E-state index in [1.54, 1.807) is 0 Å². The highest BCUT2D eigenvalue weighted by Crippen LogP contribution is 2.53. The average molecular weight is 1350 g/mol. The summed E-state index contributed by atoms with van der Waals surface area (Å²) in [7, 11) is 0. The van der Waals surface area contributed by atoms with E-state index >= 15 is 0 Å². The largest absolute Gasteiger partial charge is 0.455 e. The van der Waals surface area contributed by atoms with Crippen LogP contribution in [0.15, 0.2) is 341 Å². The summed E-state index contributed by atoms with van der Waals surface area (Å²) in [6, 6.07) is 117. The van der Waals surface area contributed by atoms with E-state index in [9.17, 15) is 0 Å². The van der Waals surface area contributed by atoms with Crippen LogP contribution < -0.4 is 10.2 Å². The molecule has 2 heterocycles. The maximum atomic E-state index is 6.42. The van der Waals surface area contributed by atoms with Gasteiger partial charge in [0.2, 0.25) is 0 Å². The molecule has 16 aromatic carbocycles. The van der Waals surface area contributed by atoms with Gasteiger partial charge in [-0.1, -0.05) is 306 Å². The Bertz CT molecular complexity index is 6230. The van der Waals surface area contributed by atoms with Gasteiger partial charge in [0, 0.05) is 81.5 Å². The summed E-state index contributed by atoms with van der Waals surface area (Å²) in [5.41, 5.74) is 24.8. The zero-order chi connectivity index (χ0) is 66.5. The van der Waals surface area contributed by atoms with Gasteiger partial charge in [0.25, 0.3) is 0 Å². The number of halogens is 1. The van der Waals surface area contributed by atoms with Gasteiger partial charge in [-0.25, -0.2) is 0 Å². The third-order valence-corrected chi connectivity index (χ3v) is 21.4. The fraction of sp³-hybridized carbons (Fsp3) is 0.0737. The second-order valence-electron chi connectivity index (χ2n) is 27.3. The van der Waals surface area contributed by atoms with Crippen molar-refractivity contribution in [2.45, 2.75) is 46.0 Å². The normalized spacial score (nSPS) is 12.9. The smallest absolute Gasteiger partial charge is 0.143 e. The van der Waals surface area contributed by atoms with Crippen molar-refractivity contribution in [2.24, 2.45) is 0 Å². The van der Waals surface area contributed by atoms with E-state index in [0.717, 1.165) is 88.3 Å². The lowest BCUT2D eigenvalue weighted by atomic mass is 9.82. The molecule has 0 saturated carbocycles. The van der Waals surface area contributed by atoms with Gasteiger partial charge in [0.1, 0.15) is 22.3 Å². The highest BCUT2D eigenvalue weighted by Gasteiger charge is 2.37. The molecule has 0 radical (unpaired) electrons. The molecular weight excluding hydrogens is 1280 g/mol. The molecule has 0 spiro atoms. The molecule has 20 rings (SSSR count). The Balaban J connectivity index is 0.000000124. The van der Waals surface area contributed by atoms with Crippen molar-refractivity contribution in [1.29, 1.82) is 0 Å². The summed E-state index contributed by atoms with van der Waals surface area (Å²) in [6.07, 6.45) is 0. The van der Waals surface area contributed by atoms with Gasteiger partial charge in [0.15, 0.2) is 0 Å². The van der Waals surface area contributed by atoms with E-state index in [1.165, 1.54) is 98.4 Å². The van der Waals surface area contributed by atoms with Gasteiger partial charge in [-0.15, -0.1) is 0 Å². The van der Waals surface area contributed by atoms with Crippen molar-refractivity contribution in [3.63, 3.8) is 0 Å². The monoisotopic (exact) mass is 1350 g/mol. The molecule has 0 amide bonds. The molecule has 0 aliphatic heterocycles. The summed E-state index contributed by atoms with van der Waals surface area (Å²) in [6.45, 7) is 9.36. The van der Waals surface area contributed by atoms with Crippen molar-refractivity contribution in [2.75, 3.05) is 10.2 Å². The van der Waals surface area contributed by atoms with E-state index in [1.807, 2.05) is 30.3 Å². The topological polar surface area (TPSA) is 41.6 Å². The van der Waals surface area contributed by atoms with Crippen LogP contribution in [-0.2, 0) is 10.8 Å². The Kier molecular flexibility index (Phi) is 15.2. The minimum absolute atomic E-state index is 0.